The van der Waals surface area contributed by atoms with E-state index in [0.29, 0.717) is 5.41 Å². The van der Waals surface area contributed by atoms with E-state index in [2.05, 4.69) is 30.5 Å². The van der Waals surface area contributed by atoms with E-state index in [0.717, 1.165) is 19.5 Å². The monoisotopic (exact) mass is 221 g/mol. The molecule has 1 aromatic rings. The summed E-state index contributed by atoms with van der Waals surface area (Å²) >= 11 is 0. The highest BCUT2D eigenvalue weighted by Gasteiger charge is 2.30. The Morgan fingerprint density at radius 2 is 2.25 bits per heavy atom. The maximum atomic E-state index is 4.46. The fraction of sp³-hybridized carbons (Fsp3) is 0.769. The van der Waals surface area contributed by atoms with Crippen LogP contribution in [0.4, 0.5) is 0 Å². The second-order valence-electron chi connectivity index (χ2n) is 5.40. The van der Waals surface area contributed by atoms with Crippen molar-refractivity contribution in [1.29, 1.82) is 0 Å². The highest BCUT2D eigenvalue weighted by Crippen LogP contribution is 2.39. The summed E-state index contributed by atoms with van der Waals surface area (Å²) in [5, 5.41) is 8.03. The Labute approximate surface area is 98.2 Å². The van der Waals surface area contributed by atoms with Crippen LogP contribution >= 0.6 is 0 Å². The van der Waals surface area contributed by atoms with E-state index in [1.54, 1.807) is 0 Å². The van der Waals surface area contributed by atoms with Crippen molar-refractivity contribution in [2.75, 3.05) is 6.54 Å². The van der Waals surface area contributed by atoms with Crippen LogP contribution < -0.4 is 5.32 Å². The molecule has 0 atom stereocenters. The number of aryl methyl sites for hydroxylation is 2. The molecule has 1 N–H and O–H groups in total. The van der Waals surface area contributed by atoms with Crippen LogP contribution in [0.15, 0.2) is 6.20 Å². The third-order valence-electron chi connectivity index (χ3n) is 3.75. The van der Waals surface area contributed by atoms with Gasteiger partial charge in [-0.3, -0.25) is 4.68 Å². The molecular weight excluding hydrogens is 198 g/mol. The Morgan fingerprint density at radius 3 is 2.81 bits per heavy atom. The largest absolute Gasteiger partial charge is 0.312 e. The fourth-order valence-corrected chi connectivity index (χ4v) is 2.49. The van der Waals surface area contributed by atoms with Gasteiger partial charge in [0.15, 0.2) is 0 Å². The molecule has 1 aliphatic rings. The van der Waals surface area contributed by atoms with Crippen LogP contribution in [0, 0.1) is 5.41 Å². The molecule has 1 saturated carbocycles. The Hall–Kier alpha value is -0.830. The highest BCUT2D eigenvalue weighted by atomic mass is 15.3. The molecule has 1 heterocycles. The summed E-state index contributed by atoms with van der Waals surface area (Å²) in [5.74, 6) is 0. The Morgan fingerprint density at radius 1 is 1.50 bits per heavy atom. The first-order chi connectivity index (χ1) is 7.63. The van der Waals surface area contributed by atoms with Gasteiger partial charge in [-0.15, -0.1) is 0 Å². The second-order valence-corrected chi connectivity index (χ2v) is 5.40. The SMILES string of the molecule is CCc1nn(C)cc1CNCC1(C)CCC1. The van der Waals surface area contributed by atoms with E-state index < -0.39 is 0 Å². The zero-order valence-corrected chi connectivity index (χ0v) is 10.7. The van der Waals surface area contributed by atoms with Gasteiger partial charge in [-0.25, -0.2) is 0 Å². The first kappa shape index (κ1) is 11.6. The van der Waals surface area contributed by atoms with Gasteiger partial charge < -0.3 is 5.32 Å². The maximum Gasteiger partial charge on any atom is 0.0666 e. The molecule has 0 unspecified atom stereocenters. The summed E-state index contributed by atoms with van der Waals surface area (Å²) in [7, 11) is 2.00. The number of nitrogens with one attached hydrogen (secondary N) is 1. The lowest BCUT2D eigenvalue weighted by Gasteiger charge is -2.38. The molecule has 1 aromatic heterocycles. The molecular formula is C13H23N3. The van der Waals surface area contributed by atoms with E-state index >= 15 is 0 Å². The summed E-state index contributed by atoms with van der Waals surface area (Å²) in [4.78, 5) is 0. The summed E-state index contributed by atoms with van der Waals surface area (Å²) in [6, 6.07) is 0. The van der Waals surface area contributed by atoms with Gasteiger partial charge in [0.25, 0.3) is 0 Å². The second kappa shape index (κ2) is 4.58. The average molecular weight is 221 g/mol. The minimum Gasteiger partial charge on any atom is -0.312 e. The van der Waals surface area contributed by atoms with Crippen molar-refractivity contribution in [1.82, 2.24) is 15.1 Å². The standard InChI is InChI=1S/C13H23N3/c1-4-12-11(9-16(3)15-12)8-14-10-13(2)6-5-7-13/h9,14H,4-8,10H2,1-3H3. The van der Waals surface area contributed by atoms with Crippen molar-refractivity contribution >= 4 is 0 Å². The van der Waals surface area contributed by atoms with Crippen LogP contribution in [-0.2, 0) is 20.0 Å². The summed E-state index contributed by atoms with van der Waals surface area (Å²) in [6.07, 6.45) is 7.33. The molecule has 2 rings (SSSR count). The fourth-order valence-electron chi connectivity index (χ4n) is 2.49. The molecule has 1 aliphatic carbocycles. The van der Waals surface area contributed by atoms with Crippen LogP contribution in [0.25, 0.3) is 0 Å². The Bertz CT molecular complexity index is 350. The lowest BCUT2D eigenvalue weighted by Crippen LogP contribution is -2.37. The van der Waals surface area contributed by atoms with Crippen molar-refractivity contribution in [2.45, 2.75) is 46.1 Å². The van der Waals surface area contributed by atoms with E-state index in [1.165, 1.54) is 30.5 Å². The molecule has 3 heteroatoms. The third-order valence-corrected chi connectivity index (χ3v) is 3.75. The van der Waals surface area contributed by atoms with Crippen molar-refractivity contribution in [3.63, 3.8) is 0 Å². The Balaban J connectivity index is 1.84. The van der Waals surface area contributed by atoms with Gasteiger partial charge in [-0.05, 0) is 24.7 Å². The van der Waals surface area contributed by atoms with E-state index in [4.69, 9.17) is 0 Å². The zero-order chi connectivity index (χ0) is 11.6. The third kappa shape index (κ3) is 2.46. The number of nitrogens with zero attached hydrogens (tertiary/aromatic N) is 2. The number of hydrogen-bond donors (Lipinski definition) is 1. The molecule has 0 amide bonds. The molecule has 0 aromatic carbocycles. The van der Waals surface area contributed by atoms with E-state index in [-0.39, 0.29) is 0 Å². The Kier molecular flexibility index (Phi) is 3.33. The molecule has 0 aliphatic heterocycles. The molecule has 1 fully saturated rings. The smallest absolute Gasteiger partial charge is 0.0666 e. The van der Waals surface area contributed by atoms with Crippen LogP contribution in [0.2, 0.25) is 0 Å². The van der Waals surface area contributed by atoms with Gasteiger partial charge in [-0.1, -0.05) is 20.3 Å². The first-order valence-electron chi connectivity index (χ1n) is 6.35. The van der Waals surface area contributed by atoms with Gasteiger partial charge in [0.1, 0.15) is 0 Å². The van der Waals surface area contributed by atoms with Crippen molar-refractivity contribution in [3.05, 3.63) is 17.5 Å². The minimum atomic E-state index is 0.564. The number of rotatable bonds is 5. The summed E-state index contributed by atoms with van der Waals surface area (Å²) < 4.78 is 1.92. The van der Waals surface area contributed by atoms with Crippen molar-refractivity contribution in [3.8, 4) is 0 Å². The number of aromatic nitrogens is 2. The topological polar surface area (TPSA) is 29.9 Å². The van der Waals surface area contributed by atoms with E-state index in [9.17, 15) is 0 Å². The summed E-state index contributed by atoms with van der Waals surface area (Å²) in [5.41, 5.74) is 3.15. The highest BCUT2D eigenvalue weighted by molar-refractivity contribution is 5.16. The predicted octanol–water partition coefficient (Wildman–Crippen LogP) is 2.26. The van der Waals surface area contributed by atoms with Gasteiger partial charge in [0.2, 0.25) is 0 Å². The van der Waals surface area contributed by atoms with Crippen LogP contribution in [0.3, 0.4) is 0 Å². The molecule has 0 spiro atoms. The number of hydrogen-bond acceptors (Lipinski definition) is 2. The molecule has 0 saturated heterocycles. The zero-order valence-electron chi connectivity index (χ0n) is 10.7. The molecule has 0 bridgehead atoms. The van der Waals surface area contributed by atoms with Crippen LogP contribution in [0.1, 0.15) is 44.4 Å². The lowest BCUT2D eigenvalue weighted by molar-refractivity contribution is 0.156. The molecule has 3 nitrogen and oxygen atoms in total. The van der Waals surface area contributed by atoms with Gasteiger partial charge in [0.05, 0.1) is 5.69 Å². The minimum absolute atomic E-state index is 0.564. The maximum absolute atomic E-state index is 4.46. The van der Waals surface area contributed by atoms with Crippen LogP contribution in [0.5, 0.6) is 0 Å². The normalized spacial score (nSPS) is 18.4. The van der Waals surface area contributed by atoms with Gasteiger partial charge in [0, 0.05) is 31.9 Å². The van der Waals surface area contributed by atoms with Gasteiger partial charge >= 0.3 is 0 Å². The quantitative estimate of drug-likeness (QED) is 0.826. The lowest BCUT2D eigenvalue weighted by atomic mass is 9.70. The average Bonchev–Trinajstić information content (AvgIpc) is 2.56. The molecule has 16 heavy (non-hydrogen) atoms. The predicted molar refractivity (Wildman–Crippen MR) is 66.3 cm³/mol. The molecule has 0 radical (unpaired) electrons. The van der Waals surface area contributed by atoms with Crippen LogP contribution in [-0.4, -0.2) is 16.3 Å². The van der Waals surface area contributed by atoms with Crippen molar-refractivity contribution < 1.29 is 0 Å². The van der Waals surface area contributed by atoms with Gasteiger partial charge in [-0.2, -0.15) is 5.10 Å². The van der Waals surface area contributed by atoms with E-state index in [1.807, 2.05) is 11.7 Å². The van der Waals surface area contributed by atoms with Crippen molar-refractivity contribution in [2.24, 2.45) is 12.5 Å². The first-order valence-corrected chi connectivity index (χ1v) is 6.35. The molecule has 90 valence electrons. The summed E-state index contributed by atoms with van der Waals surface area (Å²) in [6.45, 7) is 6.66.